The third-order valence-electron chi connectivity index (χ3n) is 4.36. The largest absolute Gasteiger partial charge is 0.385 e. The van der Waals surface area contributed by atoms with E-state index in [1.165, 1.54) is 0 Å². The minimum atomic E-state index is -0.980. The molecule has 1 heterocycles. The van der Waals surface area contributed by atoms with Crippen molar-refractivity contribution in [3.8, 4) is 0 Å². The zero-order chi connectivity index (χ0) is 15.5. The molecule has 0 spiro atoms. The monoisotopic (exact) mass is 292 g/mol. The maximum atomic E-state index is 12.2. The molecular formula is C16H24N2O3. The highest BCUT2D eigenvalue weighted by Crippen LogP contribution is 2.25. The van der Waals surface area contributed by atoms with Gasteiger partial charge < -0.3 is 20.9 Å². The molecule has 4 N–H and O–H groups in total. The highest BCUT2D eigenvalue weighted by molar-refractivity contribution is 5.79. The van der Waals surface area contributed by atoms with Crippen molar-refractivity contribution in [1.82, 2.24) is 5.32 Å². The first-order chi connectivity index (χ1) is 9.94. The third kappa shape index (κ3) is 3.61. The van der Waals surface area contributed by atoms with Crippen LogP contribution in [0.2, 0.25) is 0 Å². The van der Waals surface area contributed by atoms with E-state index < -0.39 is 5.60 Å². The standard InChI is InChI=1S/C16H24N2O3/c1-11(14(17)13-6-4-3-5-7-13)15(19)18-10-16(20)8-9-21-12(16)2/h3-7,11-12,14,20H,8-10,17H2,1-2H3,(H,18,19). The van der Waals surface area contributed by atoms with Gasteiger partial charge >= 0.3 is 0 Å². The van der Waals surface area contributed by atoms with Gasteiger partial charge in [-0.1, -0.05) is 37.3 Å². The lowest BCUT2D eigenvalue weighted by Crippen LogP contribution is -2.49. The Balaban J connectivity index is 1.91. The highest BCUT2D eigenvalue weighted by atomic mass is 16.5. The van der Waals surface area contributed by atoms with Gasteiger partial charge in [0.1, 0.15) is 5.60 Å². The second kappa shape index (κ2) is 6.56. The molecule has 5 heteroatoms. The van der Waals surface area contributed by atoms with Crippen LogP contribution in [0.5, 0.6) is 0 Å². The maximum Gasteiger partial charge on any atom is 0.224 e. The normalized spacial score (nSPS) is 28.1. The lowest BCUT2D eigenvalue weighted by Gasteiger charge is -2.27. The molecule has 1 fully saturated rings. The van der Waals surface area contributed by atoms with Gasteiger partial charge in [-0.2, -0.15) is 0 Å². The first-order valence-corrected chi connectivity index (χ1v) is 7.36. The molecule has 2 rings (SSSR count). The molecule has 1 aliphatic heterocycles. The lowest BCUT2D eigenvalue weighted by molar-refractivity contribution is -0.127. The van der Waals surface area contributed by atoms with Crippen LogP contribution in [0.4, 0.5) is 0 Å². The molecule has 4 atom stereocenters. The molecule has 0 aliphatic carbocycles. The van der Waals surface area contributed by atoms with Crippen LogP contribution in [0.3, 0.4) is 0 Å². The summed E-state index contributed by atoms with van der Waals surface area (Å²) in [6, 6.07) is 9.18. The van der Waals surface area contributed by atoms with E-state index in [0.29, 0.717) is 13.0 Å². The number of benzene rings is 1. The summed E-state index contributed by atoms with van der Waals surface area (Å²) in [7, 11) is 0. The van der Waals surface area contributed by atoms with E-state index in [1.807, 2.05) is 37.3 Å². The fraction of sp³-hybridized carbons (Fsp3) is 0.562. The number of nitrogens with one attached hydrogen (secondary N) is 1. The van der Waals surface area contributed by atoms with Gasteiger partial charge in [-0.25, -0.2) is 0 Å². The van der Waals surface area contributed by atoms with Gasteiger partial charge in [0, 0.05) is 25.6 Å². The maximum absolute atomic E-state index is 12.2. The number of aliphatic hydroxyl groups is 1. The first-order valence-electron chi connectivity index (χ1n) is 7.36. The smallest absolute Gasteiger partial charge is 0.224 e. The molecule has 0 bridgehead atoms. The van der Waals surface area contributed by atoms with Crippen LogP contribution in [0.15, 0.2) is 30.3 Å². The summed E-state index contributed by atoms with van der Waals surface area (Å²) < 4.78 is 5.35. The Bertz CT molecular complexity index is 480. The number of rotatable bonds is 5. The van der Waals surface area contributed by atoms with Gasteiger partial charge in [-0.05, 0) is 12.5 Å². The van der Waals surface area contributed by atoms with Crippen LogP contribution >= 0.6 is 0 Å². The summed E-state index contributed by atoms with van der Waals surface area (Å²) in [5.41, 5.74) is 6.08. The second-order valence-corrected chi connectivity index (χ2v) is 5.81. The van der Waals surface area contributed by atoms with Crippen molar-refractivity contribution in [2.24, 2.45) is 11.7 Å². The van der Waals surface area contributed by atoms with E-state index in [1.54, 1.807) is 6.92 Å². The molecule has 4 unspecified atom stereocenters. The zero-order valence-electron chi connectivity index (χ0n) is 12.6. The van der Waals surface area contributed by atoms with Crippen molar-refractivity contribution in [1.29, 1.82) is 0 Å². The average Bonchev–Trinajstić information content (AvgIpc) is 2.84. The number of hydrogen-bond donors (Lipinski definition) is 3. The van der Waals surface area contributed by atoms with Gasteiger partial charge in [0.05, 0.1) is 12.0 Å². The molecule has 1 aliphatic rings. The summed E-state index contributed by atoms with van der Waals surface area (Å²) in [6.45, 7) is 4.33. The van der Waals surface area contributed by atoms with Crippen molar-refractivity contribution >= 4 is 5.91 Å². The van der Waals surface area contributed by atoms with E-state index in [4.69, 9.17) is 10.5 Å². The predicted octanol–water partition coefficient (Wildman–Crippen LogP) is 0.979. The summed E-state index contributed by atoms with van der Waals surface area (Å²) in [6.07, 6.45) is 0.268. The molecule has 116 valence electrons. The number of hydrogen-bond acceptors (Lipinski definition) is 4. The van der Waals surface area contributed by atoms with Crippen molar-refractivity contribution in [2.75, 3.05) is 13.2 Å². The third-order valence-corrected chi connectivity index (χ3v) is 4.36. The summed E-state index contributed by atoms with van der Waals surface area (Å²) in [4.78, 5) is 12.2. The van der Waals surface area contributed by atoms with Crippen LogP contribution in [-0.2, 0) is 9.53 Å². The van der Waals surface area contributed by atoms with Crippen LogP contribution in [-0.4, -0.2) is 35.9 Å². The van der Waals surface area contributed by atoms with Crippen LogP contribution in [0.1, 0.15) is 31.9 Å². The van der Waals surface area contributed by atoms with Crippen LogP contribution < -0.4 is 11.1 Å². The zero-order valence-corrected chi connectivity index (χ0v) is 12.6. The van der Waals surface area contributed by atoms with E-state index in [2.05, 4.69) is 5.32 Å². The second-order valence-electron chi connectivity index (χ2n) is 5.81. The van der Waals surface area contributed by atoms with Gasteiger partial charge in [0.2, 0.25) is 5.91 Å². The Kier molecular flexibility index (Phi) is 4.98. The number of amides is 1. The van der Waals surface area contributed by atoms with Crippen LogP contribution in [0, 0.1) is 5.92 Å². The average molecular weight is 292 g/mol. The Morgan fingerprint density at radius 2 is 2.19 bits per heavy atom. The molecule has 0 aromatic heterocycles. The van der Waals surface area contributed by atoms with Gasteiger partial charge in [-0.15, -0.1) is 0 Å². The van der Waals surface area contributed by atoms with E-state index in [-0.39, 0.29) is 30.5 Å². The minimum Gasteiger partial charge on any atom is -0.385 e. The summed E-state index contributed by atoms with van der Waals surface area (Å²) in [5, 5.41) is 13.2. The van der Waals surface area contributed by atoms with Crippen molar-refractivity contribution in [3.63, 3.8) is 0 Å². The fourth-order valence-corrected chi connectivity index (χ4v) is 2.53. The Hall–Kier alpha value is -1.43. The molecule has 21 heavy (non-hydrogen) atoms. The molecule has 0 saturated carbocycles. The minimum absolute atomic E-state index is 0.154. The van der Waals surface area contributed by atoms with Crippen molar-refractivity contribution in [2.45, 2.75) is 38.0 Å². The van der Waals surface area contributed by atoms with E-state index >= 15 is 0 Å². The predicted molar refractivity (Wildman–Crippen MR) is 80.5 cm³/mol. The van der Waals surface area contributed by atoms with Crippen molar-refractivity contribution in [3.05, 3.63) is 35.9 Å². The Morgan fingerprint density at radius 1 is 1.52 bits per heavy atom. The SMILES string of the molecule is CC(C(=O)NCC1(O)CCOC1C)C(N)c1ccccc1. The number of carbonyl (C=O) groups is 1. The van der Waals surface area contributed by atoms with Gasteiger partial charge in [-0.3, -0.25) is 4.79 Å². The van der Waals surface area contributed by atoms with Gasteiger partial charge in [0.25, 0.3) is 0 Å². The van der Waals surface area contributed by atoms with Gasteiger partial charge in [0.15, 0.2) is 0 Å². The molecule has 1 aromatic carbocycles. The van der Waals surface area contributed by atoms with Crippen LogP contribution in [0.25, 0.3) is 0 Å². The van der Waals surface area contributed by atoms with Crippen molar-refractivity contribution < 1.29 is 14.6 Å². The number of ether oxygens (including phenoxy) is 1. The first kappa shape index (κ1) is 15.9. The quantitative estimate of drug-likeness (QED) is 0.755. The molecule has 1 amide bonds. The topological polar surface area (TPSA) is 84.6 Å². The molecule has 1 aromatic rings. The molecular weight excluding hydrogens is 268 g/mol. The lowest BCUT2D eigenvalue weighted by atomic mass is 9.93. The van der Waals surface area contributed by atoms with E-state index in [0.717, 1.165) is 5.56 Å². The molecule has 0 radical (unpaired) electrons. The number of carbonyl (C=O) groups excluding carboxylic acids is 1. The summed E-state index contributed by atoms with van der Waals surface area (Å²) >= 11 is 0. The Labute approximate surface area is 125 Å². The summed E-state index contributed by atoms with van der Waals surface area (Å²) in [5.74, 6) is -0.521. The fourth-order valence-electron chi connectivity index (χ4n) is 2.53. The van der Waals surface area contributed by atoms with E-state index in [9.17, 15) is 9.90 Å². The number of nitrogens with two attached hydrogens (primary N) is 1. The Morgan fingerprint density at radius 3 is 2.76 bits per heavy atom. The molecule has 1 saturated heterocycles. The highest BCUT2D eigenvalue weighted by Gasteiger charge is 2.40. The molecule has 5 nitrogen and oxygen atoms in total.